The normalized spacial score (nSPS) is 11.0. The topological polar surface area (TPSA) is 4.93 Å². The van der Waals surface area contributed by atoms with E-state index in [4.69, 9.17) is 0 Å². The molecule has 0 fully saturated rings. The molecule has 1 aromatic heterocycles. The number of aromatic nitrogens is 1. The fourth-order valence-electron chi connectivity index (χ4n) is 1.87. The molecule has 2 rings (SSSR count). The molecule has 0 amide bonds. The van der Waals surface area contributed by atoms with Gasteiger partial charge in [0.25, 0.3) is 0 Å². The fraction of sp³-hybridized carbons (Fsp3) is 0.286. The summed E-state index contributed by atoms with van der Waals surface area (Å²) < 4.78 is 3.19. The Labute approximate surface area is 109 Å². The third kappa shape index (κ3) is 3.62. The first kappa shape index (κ1) is 13.8. The van der Waals surface area contributed by atoms with Gasteiger partial charge in [0.05, 0.1) is 26.8 Å². The van der Waals surface area contributed by atoms with Gasteiger partial charge in [0, 0.05) is 11.9 Å². The molecule has 0 unspecified atom stereocenters. The van der Waals surface area contributed by atoms with Gasteiger partial charge in [-0.25, -0.2) is 0 Å². The van der Waals surface area contributed by atoms with E-state index in [-0.39, 0.29) is 12.4 Å². The van der Waals surface area contributed by atoms with Gasteiger partial charge in [-0.05, 0) is 24.3 Å². The summed E-state index contributed by atoms with van der Waals surface area (Å²) in [7, 11) is 6.63. The van der Waals surface area contributed by atoms with Crippen molar-refractivity contribution in [3.63, 3.8) is 0 Å². The monoisotopic (exact) mass is 250 g/mol. The van der Waals surface area contributed by atoms with E-state index >= 15 is 0 Å². The summed E-state index contributed by atoms with van der Waals surface area (Å²) in [5.41, 5.74) is 2.58. The summed E-state index contributed by atoms with van der Waals surface area (Å²) >= 11 is 0. The van der Waals surface area contributed by atoms with E-state index in [9.17, 15) is 0 Å². The van der Waals surface area contributed by atoms with Gasteiger partial charge in [-0.1, -0.05) is 18.2 Å². The molecule has 3 heteroatoms. The third-order valence-electron chi connectivity index (χ3n) is 2.50. The fourth-order valence-corrected chi connectivity index (χ4v) is 1.87. The Morgan fingerprint density at radius 1 is 0.941 bits per heavy atom. The van der Waals surface area contributed by atoms with Crippen LogP contribution in [0.3, 0.4) is 0 Å². The van der Waals surface area contributed by atoms with Gasteiger partial charge < -0.3 is 21.5 Å². The minimum absolute atomic E-state index is 0. The minimum Gasteiger partial charge on any atom is -1.00 e. The highest BCUT2D eigenvalue weighted by molar-refractivity contribution is 5.34. The Hall–Kier alpha value is -1.25. The first-order chi connectivity index (χ1) is 7.56. The van der Waals surface area contributed by atoms with E-state index in [2.05, 4.69) is 68.3 Å². The largest absolute Gasteiger partial charge is 1.00 e. The van der Waals surface area contributed by atoms with Crippen LogP contribution in [-0.4, -0.2) is 30.2 Å². The lowest BCUT2D eigenvalue weighted by molar-refractivity contribution is -0.884. The van der Waals surface area contributed by atoms with Gasteiger partial charge in [0.15, 0.2) is 0 Å². The van der Waals surface area contributed by atoms with Crippen LogP contribution in [0, 0.1) is 0 Å². The summed E-state index contributed by atoms with van der Waals surface area (Å²) in [4.78, 5) is 0. The van der Waals surface area contributed by atoms with Crippen LogP contribution < -0.4 is 12.4 Å². The van der Waals surface area contributed by atoms with Crippen LogP contribution in [0.5, 0.6) is 0 Å². The molecule has 0 saturated heterocycles. The van der Waals surface area contributed by atoms with Gasteiger partial charge in [0.2, 0.25) is 0 Å². The standard InChI is InChI=1S/C14H19N2.ClH/c1-16(2,3)12-14-10-7-11-15(14)13-8-5-4-6-9-13;/h4-11H,12H2,1-3H3;1H/q+1;/p-1. The SMILES string of the molecule is C[N+](C)(C)Cc1cccn1-c1ccccc1.[Cl-]. The van der Waals surface area contributed by atoms with E-state index in [1.165, 1.54) is 11.4 Å². The van der Waals surface area contributed by atoms with Crippen molar-refractivity contribution in [2.24, 2.45) is 0 Å². The van der Waals surface area contributed by atoms with E-state index < -0.39 is 0 Å². The van der Waals surface area contributed by atoms with Crippen LogP contribution in [0.25, 0.3) is 5.69 Å². The maximum atomic E-state index is 2.25. The lowest BCUT2D eigenvalue weighted by atomic mass is 10.3. The maximum absolute atomic E-state index is 2.25. The van der Waals surface area contributed by atoms with Crippen LogP contribution in [0.4, 0.5) is 0 Å². The first-order valence-electron chi connectivity index (χ1n) is 5.58. The molecular formula is C14H19ClN2. The molecule has 17 heavy (non-hydrogen) atoms. The number of hydrogen-bond donors (Lipinski definition) is 0. The quantitative estimate of drug-likeness (QED) is 0.659. The number of halogens is 1. The van der Waals surface area contributed by atoms with Crippen molar-refractivity contribution in [1.29, 1.82) is 0 Å². The molecule has 0 radical (unpaired) electrons. The number of hydrogen-bond acceptors (Lipinski definition) is 0. The molecule has 0 spiro atoms. The lowest BCUT2D eigenvalue weighted by Crippen LogP contribution is -3.00. The predicted molar refractivity (Wildman–Crippen MR) is 67.5 cm³/mol. The summed E-state index contributed by atoms with van der Waals surface area (Å²) in [5, 5.41) is 0. The highest BCUT2D eigenvalue weighted by Gasteiger charge is 2.12. The molecule has 0 aliphatic carbocycles. The zero-order valence-electron chi connectivity index (χ0n) is 10.6. The number of benzene rings is 1. The van der Waals surface area contributed by atoms with Crippen molar-refractivity contribution >= 4 is 0 Å². The highest BCUT2D eigenvalue weighted by atomic mass is 35.5. The van der Waals surface area contributed by atoms with Crippen molar-refractivity contribution < 1.29 is 16.9 Å². The van der Waals surface area contributed by atoms with Crippen LogP contribution in [0.15, 0.2) is 48.7 Å². The van der Waals surface area contributed by atoms with Crippen molar-refractivity contribution in [3.05, 3.63) is 54.4 Å². The number of para-hydroxylation sites is 1. The Morgan fingerprint density at radius 2 is 1.59 bits per heavy atom. The van der Waals surface area contributed by atoms with Crippen molar-refractivity contribution in [2.45, 2.75) is 6.54 Å². The van der Waals surface area contributed by atoms with Crippen LogP contribution in [0.1, 0.15) is 5.69 Å². The maximum Gasteiger partial charge on any atom is 0.119 e. The Kier molecular flexibility index (Phi) is 4.38. The molecule has 0 N–H and O–H groups in total. The van der Waals surface area contributed by atoms with E-state index in [1.807, 2.05) is 6.07 Å². The predicted octanol–water partition coefficient (Wildman–Crippen LogP) is -0.312. The molecule has 0 bridgehead atoms. The first-order valence-corrected chi connectivity index (χ1v) is 5.58. The third-order valence-corrected chi connectivity index (χ3v) is 2.50. The second-order valence-corrected chi connectivity index (χ2v) is 5.15. The molecule has 0 atom stereocenters. The van der Waals surface area contributed by atoms with Crippen molar-refractivity contribution in [2.75, 3.05) is 21.1 Å². The summed E-state index contributed by atoms with van der Waals surface area (Å²) in [5.74, 6) is 0. The number of nitrogens with zero attached hydrogens (tertiary/aromatic N) is 2. The molecule has 1 heterocycles. The number of rotatable bonds is 3. The molecule has 0 aliphatic rings. The van der Waals surface area contributed by atoms with E-state index in [0.717, 1.165) is 11.0 Å². The smallest absolute Gasteiger partial charge is 0.119 e. The Bertz CT molecular complexity index is 455. The van der Waals surface area contributed by atoms with Crippen LogP contribution in [-0.2, 0) is 6.54 Å². The Morgan fingerprint density at radius 3 is 2.18 bits per heavy atom. The Balaban J connectivity index is 0.00000144. The molecule has 92 valence electrons. The molecular weight excluding hydrogens is 232 g/mol. The van der Waals surface area contributed by atoms with Gasteiger partial charge in [-0.2, -0.15) is 0 Å². The van der Waals surface area contributed by atoms with Gasteiger partial charge in [-0.3, -0.25) is 0 Å². The van der Waals surface area contributed by atoms with Crippen molar-refractivity contribution in [3.8, 4) is 5.69 Å². The zero-order valence-corrected chi connectivity index (χ0v) is 11.4. The number of quaternary nitrogens is 1. The molecule has 0 saturated carbocycles. The van der Waals surface area contributed by atoms with E-state index in [1.54, 1.807) is 0 Å². The molecule has 2 aromatic rings. The lowest BCUT2D eigenvalue weighted by Gasteiger charge is -2.24. The molecule has 1 aromatic carbocycles. The van der Waals surface area contributed by atoms with Gasteiger partial charge >= 0.3 is 0 Å². The minimum atomic E-state index is 0. The van der Waals surface area contributed by atoms with Gasteiger partial charge in [-0.15, -0.1) is 0 Å². The van der Waals surface area contributed by atoms with Crippen molar-refractivity contribution in [1.82, 2.24) is 4.57 Å². The van der Waals surface area contributed by atoms with E-state index in [0.29, 0.717) is 0 Å². The summed E-state index contributed by atoms with van der Waals surface area (Å²) in [6.07, 6.45) is 2.13. The molecule has 2 nitrogen and oxygen atoms in total. The van der Waals surface area contributed by atoms with Crippen LogP contribution in [0.2, 0.25) is 0 Å². The highest BCUT2D eigenvalue weighted by Crippen LogP contribution is 2.14. The summed E-state index contributed by atoms with van der Waals surface area (Å²) in [6, 6.07) is 14.8. The average Bonchev–Trinajstić information content (AvgIpc) is 2.64. The van der Waals surface area contributed by atoms with Gasteiger partial charge in [0.1, 0.15) is 6.54 Å². The van der Waals surface area contributed by atoms with Crippen LogP contribution >= 0.6 is 0 Å². The molecule has 0 aliphatic heterocycles. The second-order valence-electron chi connectivity index (χ2n) is 5.15. The zero-order chi connectivity index (χ0) is 11.6. The average molecular weight is 251 g/mol. The summed E-state index contributed by atoms with van der Waals surface area (Å²) in [6.45, 7) is 1.03. The second kappa shape index (κ2) is 5.39.